The van der Waals surface area contributed by atoms with Gasteiger partial charge in [0.25, 0.3) is 0 Å². The van der Waals surface area contributed by atoms with Gasteiger partial charge in [0.15, 0.2) is 0 Å². The Hall–Kier alpha value is -3.10. The summed E-state index contributed by atoms with van der Waals surface area (Å²) in [6, 6.07) is 43.5. The highest BCUT2D eigenvalue weighted by molar-refractivity contribution is 7.19. The SMILES string of the molecule is CCCCCCCCCCCCCCCC[N+](C)(C)C.c1ccc([B-](c2ccccc2)(c2ccccc2)c2ccccc2)cc1. The summed E-state index contributed by atoms with van der Waals surface area (Å²) in [7, 11) is 6.88. The topological polar surface area (TPSA) is 0 Å². The third-order valence-corrected chi connectivity index (χ3v) is 9.38. The molecule has 0 aliphatic heterocycles. The van der Waals surface area contributed by atoms with Crippen molar-refractivity contribution in [3.63, 3.8) is 0 Å². The minimum Gasteiger partial charge on any atom is -0.331 e. The molecule has 0 aliphatic carbocycles. The Morgan fingerprint density at radius 1 is 0.356 bits per heavy atom. The third kappa shape index (κ3) is 12.7. The maximum Gasteiger partial charge on any atom is 0.108 e. The normalized spacial score (nSPS) is 11.6. The molecule has 0 unspecified atom stereocenters. The first-order valence-corrected chi connectivity index (χ1v) is 18.2. The van der Waals surface area contributed by atoms with Crippen LogP contribution < -0.4 is 21.9 Å². The Bertz CT molecular complexity index is 1090. The molecule has 4 rings (SSSR count). The van der Waals surface area contributed by atoms with Crippen LogP contribution in [0.1, 0.15) is 96.8 Å². The Kier molecular flexibility index (Phi) is 16.8. The van der Waals surface area contributed by atoms with Gasteiger partial charge in [-0.25, -0.2) is 0 Å². The molecular formula is C43H62BN. The van der Waals surface area contributed by atoms with Gasteiger partial charge in [-0.05, 0) is 12.8 Å². The van der Waals surface area contributed by atoms with Crippen LogP contribution in [0.25, 0.3) is 0 Å². The smallest absolute Gasteiger partial charge is 0.108 e. The van der Waals surface area contributed by atoms with Crippen LogP contribution in [0.3, 0.4) is 0 Å². The molecule has 0 bridgehead atoms. The molecule has 0 radical (unpaired) electrons. The van der Waals surface area contributed by atoms with Crippen LogP contribution in [0.5, 0.6) is 0 Å². The quantitative estimate of drug-likeness (QED) is 0.0569. The van der Waals surface area contributed by atoms with Crippen LogP contribution >= 0.6 is 0 Å². The van der Waals surface area contributed by atoms with Gasteiger partial charge in [0.2, 0.25) is 0 Å². The summed E-state index contributed by atoms with van der Waals surface area (Å²) < 4.78 is 1.12. The molecule has 4 aromatic carbocycles. The van der Waals surface area contributed by atoms with Gasteiger partial charge in [0.1, 0.15) is 6.15 Å². The van der Waals surface area contributed by atoms with Crippen molar-refractivity contribution in [2.75, 3.05) is 27.7 Å². The zero-order chi connectivity index (χ0) is 32.1. The summed E-state index contributed by atoms with van der Waals surface area (Å²) >= 11 is 0. The average Bonchev–Trinajstić information content (AvgIpc) is 3.07. The highest BCUT2D eigenvalue weighted by Crippen LogP contribution is 2.13. The number of nitrogens with zero attached hydrogens (tertiary/aromatic N) is 1. The van der Waals surface area contributed by atoms with E-state index >= 15 is 0 Å². The molecule has 0 N–H and O–H groups in total. The van der Waals surface area contributed by atoms with Crippen molar-refractivity contribution in [1.82, 2.24) is 0 Å². The molecule has 1 nitrogen and oxygen atoms in total. The molecule has 0 aromatic heterocycles. The number of unbranched alkanes of at least 4 members (excludes halogenated alkanes) is 13. The number of hydrogen-bond donors (Lipinski definition) is 0. The zero-order valence-corrected chi connectivity index (χ0v) is 29.2. The van der Waals surface area contributed by atoms with Crippen LogP contribution in [0.4, 0.5) is 0 Å². The van der Waals surface area contributed by atoms with E-state index in [1.165, 1.54) is 118 Å². The molecule has 4 aromatic rings. The lowest BCUT2D eigenvalue weighted by Gasteiger charge is -2.44. The lowest BCUT2D eigenvalue weighted by molar-refractivity contribution is -0.870. The predicted molar refractivity (Wildman–Crippen MR) is 203 cm³/mol. The van der Waals surface area contributed by atoms with Crippen molar-refractivity contribution in [1.29, 1.82) is 0 Å². The van der Waals surface area contributed by atoms with E-state index in [1.807, 2.05) is 0 Å². The van der Waals surface area contributed by atoms with E-state index in [2.05, 4.69) is 149 Å². The van der Waals surface area contributed by atoms with Crippen LogP contribution in [0, 0.1) is 0 Å². The molecule has 2 heteroatoms. The van der Waals surface area contributed by atoms with E-state index in [1.54, 1.807) is 0 Å². The van der Waals surface area contributed by atoms with Gasteiger partial charge in [0.05, 0.1) is 27.7 Å². The number of hydrogen-bond acceptors (Lipinski definition) is 0. The van der Waals surface area contributed by atoms with Crippen molar-refractivity contribution < 1.29 is 4.48 Å². The third-order valence-electron chi connectivity index (χ3n) is 9.38. The van der Waals surface area contributed by atoms with Gasteiger partial charge in [0, 0.05) is 0 Å². The fourth-order valence-corrected chi connectivity index (χ4v) is 6.90. The van der Waals surface area contributed by atoms with Crippen molar-refractivity contribution >= 4 is 28.0 Å². The van der Waals surface area contributed by atoms with E-state index in [9.17, 15) is 0 Å². The molecule has 45 heavy (non-hydrogen) atoms. The van der Waals surface area contributed by atoms with Crippen LogP contribution in [-0.2, 0) is 0 Å². The van der Waals surface area contributed by atoms with E-state index in [-0.39, 0.29) is 0 Å². The summed E-state index contributed by atoms with van der Waals surface area (Å²) in [6.45, 7) is 3.63. The molecule has 0 amide bonds. The summed E-state index contributed by atoms with van der Waals surface area (Å²) in [4.78, 5) is 0. The molecule has 242 valence electrons. The van der Waals surface area contributed by atoms with E-state index in [0.29, 0.717) is 0 Å². The minimum atomic E-state index is -1.22. The first kappa shape index (κ1) is 36.4. The molecule has 0 saturated heterocycles. The maximum atomic E-state index is 2.29. The predicted octanol–water partition coefficient (Wildman–Crippen LogP) is 9.24. The Balaban J connectivity index is 0.000000254. The van der Waals surface area contributed by atoms with Gasteiger partial charge in [-0.15, -0.1) is 0 Å². The number of rotatable bonds is 19. The monoisotopic (exact) mass is 603 g/mol. The van der Waals surface area contributed by atoms with Crippen LogP contribution in [0.2, 0.25) is 0 Å². The first-order chi connectivity index (χ1) is 22.0. The van der Waals surface area contributed by atoms with Gasteiger partial charge in [-0.3, -0.25) is 0 Å². The second-order valence-electron chi connectivity index (χ2n) is 14.1. The highest BCUT2D eigenvalue weighted by Gasteiger charge is 2.31. The molecule has 0 fully saturated rings. The van der Waals surface area contributed by atoms with E-state index in [0.717, 1.165) is 4.48 Å². The molecule has 0 heterocycles. The Labute approximate surface area is 277 Å². The standard InChI is InChI=1S/C24H20B.C19H42N/c1-5-13-21(14-6-1)25(22-15-7-2-8-16-22,23-17-9-3-10-18-23)24-19-11-4-12-20-24;1-5-6-7-8-9-10-11-12-13-14-15-16-17-18-19-20(2,3)4/h1-20H;5-19H2,1-4H3/q-1;+1. The molecule has 0 saturated carbocycles. The van der Waals surface area contributed by atoms with Crippen LogP contribution in [0.15, 0.2) is 121 Å². The number of quaternary nitrogens is 1. The second-order valence-corrected chi connectivity index (χ2v) is 14.1. The van der Waals surface area contributed by atoms with Gasteiger partial charge in [-0.1, -0.05) is 205 Å². The minimum absolute atomic E-state index is 1.12. The van der Waals surface area contributed by atoms with Gasteiger partial charge in [-0.2, -0.15) is 21.9 Å². The molecule has 0 spiro atoms. The molecule has 0 atom stereocenters. The largest absolute Gasteiger partial charge is 0.331 e. The van der Waals surface area contributed by atoms with Gasteiger partial charge >= 0.3 is 0 Å². The summed E-state index contributed by atoms with van der Waals surface area (Å²) in [5.74, 6) is 0. The fourth-order valence-electron chi connectivity index (χ4n) is 6.90. The maximum absolute atomic E-state index is 2.29. The fraction of sp³-hybridized carbons (Fsp3) is 0.442. The first-order valence-electron chi connectivity index (χ1n) is 18.2. The summed E-state index contributed by atoms with van der Waals surface area (Å²) in [5, 5.41) is 0. The van der Waals surface area contributed by atoms with Crippen molar-refractivity contribution in [2.45, 2.75) is 96.8 Å². The lowest BCUT2D eigenvalue weighted by atomic mass is 9.13. The van der Waals surface area contributed by atoms with Gasteiger partial charge < -0.3 is 4.48 Å². The lowest BCUT2D eigenvalue weighted by Crippen LogP contribution is -2.74. The average molecular weight is 604 g/mol. The van der Waals surface area contributed by atoms with Crippen molar-refractivity contribution in [3.8, 4) is 0 Å². The van der Waals surface area contributed by atoms with E-state index in [4.69, 9.17) is 0 Å². The molecular weight excluding hydrogens is 541 g/mol. The van der Waals surface area contributed by atoms with E-state index < -0.39 is 6.15 Å². The Morgan fingerprint density at radius 3 is 0.844 bits per heavy atom. The Morgan fingerprint density at radius 2 is 0.600 bits per heavy atom. The molecule has 0 aliphatic rings. The van der Waals surface area contributed by atoms with Crippen LogP contribution in [-0.4, -0.2) is 38.3 Å². The van der Waals surface area contributed by atoms with Crippen molar-refractivity contribution in [3.05, 3.63) is 121 Å². The summed E-state index contributed by atoms with van der Waals surface area (Å²) in [5.41, 5.74) is 5.36. The summed E-state index contributed by atoms with van der Waals surface area (Å²) in [6.07, 6.45) is 19.2. The zero-order valence-electron chi connectivity index (χ0n) is 29.2. The second kappa shape index (κ2) is 20.8. The number of benzene rings is 4. The highest BCUT2D eigenvalue weighted by atomic mass is 15.3. The van der Waals surface area contributed by atoms with Crippen molar-refractivity contribution in [2.24, 2.45) is 0 Å².